The summed E-state index contributed by atoms with van der Waals surface area (Å²) in [5, 5.41) is 20.8. The molecule has 0 heterocycles. The molecule has 0 unspecified atom stereocenters. The molecule has 2 rings (SSSR count). The SMILES string of the molecule is CCCCCCCCc1ccc(O)c([SH+]c2cc(CCCCCCCC)ccc2O)c1.CN.[Ni]. The van der Waals surface area contributed by atoms with Gasteiger partial charge < -0.3 is 15.9 Å². The van der Waals surface area contributed by atoms with Crippen LogP contribution in [0.25, 0.3) is 0 Å². The summed E-state index contributed by atoms with van der Waals surface area (Å²) in [7, 11) is 1.50. The number of hydrogen-bond donors (Lipinski definition) is 3. The Hall–Kier alpha value is -1.16. The van der Waals surface area contributed by atoms with Gasteiger partial charge in [0.2, 0.25) is 0 Å². The predicted octanol–water partition coefficient (Wildman–Crippen LogP) is 7.71. The first-order chi connectivity index (χ1) is 16.1. The van der Waals surface area contributed by atoms with Crippen molar-refractivity contribution in [1.29, 1.82) is 0 Å². The predicted molar refractivity (Wildman–Crippen MR) is 146 cm³/mol. The minimum Gasteiger partial charge on any atom is -0.503 e. The Labute approximate surface area is 223 Å². The number of aromatic hydroxyl groups is 2. The number of nitrogens with two attached hydrogens (primary N) is 1. The van der Waals surface area contributed by atoms with Crippen LogP contribution in [0.15, 0.2) is 46.2 Å². The zero-order valence-corrected chi connectivity index (χ0v) is 23.5. The Kier molecular flexibility index (Phi) is 20.4. The van der Waals surface area contributed by atoms with Crippen LogP contribution >= 0.6 is 0 Å². The normalized spacial score (nSPS) is 10.4. The van der Waals surface area contributed by atoms with E-state index in [1.165, 1.54) is 95.2 Å². The van der Waals surface area contributed by atoms with Crippen LogP contribution in [0.4, 0.5) is 0 Å². The molecule has 0 radical (unpaired) electrons. The molecule has 0 spiro atoms. The van der Waals surface area contributed by atoms with Crippen molar-refractivity contribution >= 4 is 11.8 Å². The summed E-state index contributed by atoms with van der Waals surface area (Å²) >= 11 is 0.874. The van der Waals surface area contributed by atoms with Gasteiger partial charge in [-0.2, -0.15) is 0 Å². The van der Waals surface area contributed by atoms with Gasteiger partial charge in [0.05, 0.1) is 11.8 Å². The van der Waals surface area contributed by atoms with Crippen molar-refractivity contribution in [2.24, 2.45) is 5.73 Å². The molecule has 0 aliphatic rings. The molecular weight excluding hydrogens is 485 g/mol. The summed E-state index contributed by atoms with van der Waals surface area (Å²) in [6.07, 6.45) is 17.6. The molecule has 0 atom stereocenters. The second-order valence-electron chi connectivity index (χ2n) is 8.79. The molecule has 5 heteroatoms. The van der Waals surface area contributed by atoms with Gasteiger partial charge >= 0.3 is 0 Å². The Morgan fingerprint density at radius 3 is 1.32 bits per heavy atom. The molecule has 0 aliphatic carbocycles. The van der Waals surface area contributed by atoms with Crippen LogP contribution in [0.1, 0.15) is 102 Å². The number of rotatable bonds is 16. The number of phenols is 2. The largest absolute Gasteiger partial charge is 0.503 e. The zero-order valence-electron chi connectivity index (χ0n) is 21.6. The number of thiol groups is 1. The van der Waals surface area contributed by atoms with E-state index in [1.54, 1.807) is 0 Å². The van der Waals surface area contributed by atoms with E-state index in [-0.39, 0.29) is 16.5 Å². The van der Waals surface area contributed by atoms with E-state index in [9.17, 15) is 10.2 Å². The van der Waals surface area contributed by atoms with E-state index in [4.69, 9.17) is 0 Å². The molecule has 4 N–H and O–H groups in total. The van der Waals surface area contributed by atoms with Crippen LogP contribution in [-0.2, 0) is 41.1 Å². The molecule has 3 nitrogen and oxygen atoms in total. The van der Waals surface area contributed by atoms with Gasteiger partial charge in [0.25, 0.3) is 0 Å². The number of phenolic OH excluding ortho intramolecular Hbond substituents is 2. The average Bonchev–Trinajstić information content (AvgIpc) is 2.83. The summed E-state index contributed by atoms with van der Waals surface area (Å²) in [6, 6.07) is 11.9. The maximum Gasteiger partial charge on any atom is 0.200 e. The van der Waals surface area contributed by atoms with E-state index < -0.39 is 0 Å². The third kappa shape index (κ3) is 13.7. The molecule has 0 saturated heterocycles. The number of aryl methyl sites for hydroxylation is 2. The Morgan fingerprint density at radius 2 is 0.941 bits per heavy atom. The summed E-state index contributed by atoms with van der Waals surface area (Å²) in [5.74, 6) is 0.628. The van der Waals surface area contributed by atoms with E-state index in [2.05, 4.69) is 31.7 Å². The fourth-order valence-electron chi connectivity index (χ4n) is 3.98. The van der Waals surface area contributed by atoms with Gasteiger partial charge in [-0.15, -0.1) is 0 Å². The number of hydrogen-bond acceptors (Lipinski definition) is 3. The van der Waals surface area contributed by atoms with Crippen molar-refractivity contribution in [2.45, 2.75) is 114 Å². The number of benzene rings is 2. The van der Waals surface area contributed by atoms with E-state index in [0.29, 0.717) is 11.5 Å². The van der Waals surface area contributed by atoms with Crippen molar-refractivity contribution in [3.63, 3.8) is 0 Å². The molecule has 0 saturated carbocycles. The summed E-state index contributed by atoms with van der Waals surface area (Å²) in [6.45, 7) is 4.50. The van der Waals surface area contributed by atoms with Crippen molar-refractivity contribution in [3.05, 3.63) is 47.5 Å². The summed E-state index contributed by atoms with van der Waals surface area (Å²) in [5.41, 5.74) is 7.05. The first-order valence-electron chi connectivity index (χ1n) is 13.1. The maximum absolute atomic E-state index is 10.4. The maximum atomic E-state index is 10.4. The summed E-state index contributed by atoms with van der Waals surface area (Å²) in [4.78, 5) is 1.77. The van der Waals surface area contributed by atoms with Gasteiger partial charge in [0, 0.05) is 28.6 Å². The second-order valence-corrected chi connectivity index (χ2v) is 9.98. The van der Waals surface area contributed by atoms with Crippen LogP contribution in [-0.4, -0.2) is 17.3 Å². The molecular formula is C29H48NNiO2S+. The fourth-order valence-corrected chi connectivity index (χ4v) is 5.08. The molecule has 0 amide bonds. The fraction of sp³-hybridized carbons (Fsp3) is 0.586. The van der Waals surface area contributed by atoms with Gasteiger partial charge in [0.15, 0.2) is 21.3 Å². The van der Waals surface area contributed by atoms with E-state index in [0.717, 1.165) is 34.4 Å². The molecule has 0 bridgehead atoms. The quantitative estimate of drug-likeness (QED) is 0.0896. The molecule has 34 heavy (non-hydrogen) atoms. The number of unbranched alkanes of at least 4 members (excludes halogenated alkanes) is 10. The molecule has 0 aromatic heterocycles. The second kappa shape index (κ2) is 21.2. The van der Waals surface area contributed by atoms with Crippen LogP contribution < -0.4 is 5.73 Å². The summed E-state index contributed by atoms with van der Waals surface area (Å²) < 4.78 is 0. The van der Waals surface area contributed by atoms with Crippen LogP contribution in [0.5, 0.6) is 11.5 Å². The standard InChI is InChI=1S/C28H42O2S.CH5N.Ni/c1-3-5-7-9-11-13-15-23-17-19-25(29)27(21-23)31-28-22-24(18-20-26(28)30)16-14-12-10-8-6-4-2;1-2;/h17-22,29-30H,3-16H2,1-2H3;2H2,1H3;/p+1. The minimum absolute atomic E-state index is 0. The van der Waals surface area contributed by atoms with Crippen LogP contribution in [0.2, 0.25) is 0 Å². The average molecular weight is 533 g/mol. The molecule has 2 aromatic rings. The molecule has 0 aliphatic heterocycles. The first kappa shape index (κ1) is 32.8. The Bertz CT molecular complexity index is 706. The van der Waals surface area contributed by atoms with Crippen molar-refractivity contribution < 1.29 is 26.7 Å². The third-order valence-electron chi connectivity index (χ3n) is 5.96. The molecule has 196 valence electrons. The Morgan fingerprint density at radius 1 is 0.588 bits per heavy atom. The topological polar surface area (TPSA) is 66.5 Å². The van der Waals surface area contributed by atoms with Crippen molar-refractivity contribution in [2.75, 3.05) is 7.05 Å². The van der Waals surface area contributed by atoms with E-state index in [1.807, 2.05) is 24.3 Å². The van der Waals surface area contributed by atoms with Crippen molar-refractivity contribution in [3.8, 4) is 11.5 Å². The first-order valence-corrected chi connectivity index (χ1v) is 14.0. The zero-order chi connectivity index (χ0) is 24.3. The third-order valence-corrected chi connectivity index (χ3v) is 7.16. The van der Waals surface area contributed by atoms with Gasteiger partial charge in [-0.3, -0.25) is 0 Å². The monoisotopic (exact) mass is 532 g/mol. The van der Waals surface area contributed by atoms with Gasteiger partial charge in [-0.1, -0.05) is 90.2 Å². The van der Waals surface area contributed by atoms with Crippen molar-refractivity contribution in [1.82, 2.24) is 0 Å². The molecule has 2 aromatic carbocycles. The van der Waals surface area contributed by atoms with Gasteiger partial charge in [-0.05, 0) is 56.0 Å². The van der Waals surface area contributed by atoms with Crippen LogP contribution in [0, 0.1) is 0 Å². The molecule has 0 fully saturated rings. The van der Waals surface area contributed by atoms with E-state index >= 15 is 0 Å². The van der Waals surface area contributed by atoms with Crippen LogP contribution in [0.3, 0.4) is 0 Å². The van der Waals surface area contributed by atoms with Gasteiger partial charge in [0.1, 0.15) is 0 Å². The van der Waals surface area contributed by atoms with Gasteiger partial charge in [-0.25, -0.2) is 0 Å². The smallest absolute Gasteiger partial charge is 0.200 e. The Balaban J connectivity index is 0.00000353. The minimum atomic E-state index is 0.